The number of carboxylic acid groups (broad SMARTS) is 1. The van der Waals surface area contributed by atoms with Crippen molar-refractivity contribution in [1.82, 2.24) is 9.88 Å². The summed E-state index contributed by atoms with van der Waals surface area (Å²) in [6.07, 6.45) is 2.69. The summed E-state index contributed by atoms with van der Waals surface area (Å²) in [7, 11) is 0. The van der Waals surface area contributed by atoms with Crippen LogP contribution in [0.2, 0.25) is 0 Å². The minimum Gasteiger partial charge on any atom is -0.480 e. The molecule has 0 aliphatic carbocycles. The number of carbonyl (C=O) groups excluding carboxylic acids is 1. The van der Waals surface area contributed by atoms with E-state index in [0.29, 0.717) is 30.2 Å². The molecule has 1 atom stereocenters. The van der Waals surface area contributed by atoms with Crippen LogP contribution in [-0.2, 0) is 4.79 Å². The van der Waals surface area contributed by atoms with Gasteiger partial charge in [-0.15, -0.1) is 11.3 Å². The fourth-order valence-electron chi connectivity index (χ4n) is 2.53. The number of amides is 1. The van der Waals surface area contributed by atoms with Crippen molar-refractivity contribution >= 4 is 23.2 Å². The number of aliphatic carboxylic acids is 1. The van der Waals surface area contributed by atoms with Crippen molar-refractivity contribution in [3.05, 3.63) is 29.5 Å². The zero-order chi connectivity index (χ0) is 15.0. The van der Waals surface area contributed by atoms with E-state index in [1.807, 2.05) is 0 Å². The number of likely N-dealkylation sites (tertiary alicyclic amines) is 1. The first-order valence-corrected chi connectivity index (χ1v) is 7.45. The maximum atomic E-state index is 12.5. The zero-order valence-electron chi connectivity index (χ0n) is 11.4. The van der Waals surface area contributed by atoms with Crippen molar-refractivity contribution in [2.45, 2.75) is 25.3 Å². The van der Waals surface area contributed by atoms with Crippen LogP contribution in [0.5, 0.6) is 0 Å². The predicted molar refractivity (Wildman–Crippen MR) is 76.1 cm³/mol. The van der Waals surface area contributed by atoms with Crippen molar-refractivity contribution in [2.75, 3.05) is 6.54 Å². The van der Waals surface area contributed by atoms with E-state index < -0.39 is 11.5 Å². The molecule has 0 saturated carbocycles. The molecule has 1 fully saturated rings. The van der Waals surface area contributed by atoms with E-state index >= 15 is 0 Å². The van der Waals surface area contributed by atoms with Crippen LogP contribution in [-0.4, -0.2) is 39.0 Å². The molecule has 0 aromatic carbocycles. The van der Waals surface area contributed by atoms with Gasteiger partial charge in [0.1, 0.15) is 11.2 Å². The Balaban J connectivity index is 1.87. The molecule has 0 spiro atoms. The van der Waals surface area contributed by atoms with Gasteiger partial charge in [0.2, 0.25) is 0 Å². The minimum absolute atomic E-state index is 0.265. The number of thiazole rings is 1. The van der Waals surface area contributed by atoms with E-state index in [1.165, 1.54) is 16.2 Å². The molecule has 0 radical (unpaired) electrons. The predicted octanol–water partition coefficient (Wildman–Crippen LogP) is 2.48. The Bertz CT molecular complexity index is 679. The molecule has 6 nitrogen and oxygen atoms in total. The highest BCUT2D eigenvalue weighted by molar-refractivity contribution is 7.13. The summed E-state index contributed by atoms with van der Waals surface area (Å²) in [5, 5.41) is 11.6. The van der Waals surface area contributed by atoms with Gasteiger partial charge in [-0.25, -0.2) is 9.78 Å². The van der Waals surface area contributed by atoms with Gasteiger partial charge < -0.3 is 14.4 Å². The fraction of sp³-hybridized carbons (Fsp3) is 0.357. The lowest BCUT2D eigenvalue weighted by molar-refractivity contribution is -0.147. The maximum absolute atomic E-state index is 12.5. The summed E-state index contributed by atoms with van der Waals surface area (Å²) in [6.45, 7) is 2.02. The fourth-order valence-corrected chi connectivity index (χ4v) is 3.29. The second-order valence-electron chi connectivity index (χ2n) is 5.15. The lowest BCUT2D eigenvalue weighted by atomic mass is 9.99. The largest absolute Gasteiger partial charge is 0.480 e. The SMILES string of the molecule is CC1(C(=O)O)CCCN1C(=O)c1csc(-c2ccco2)n1. The Morgan fingerprint density at radius 1 is 1.52 bits per heavy atom. The summed E-state index contributed by atoms with van der Waals surface area (Å²) in [6, 6.07) is 3.52. The topological polar surface area (TPSA) is 83.6 Å². The zero-order valence-corrected chi connectivity index (χ0v) is 12.2. The quantitative estimate of drug-likeness (QED) is 0.941. The number of aromatic nitrogens is 1. The average molecular weight is 306 g/mol. The molecule has 3 rings (SSSR count). The van der Waals surface area contributed by atoms with E-state index in [1.54, 1.807) is 30.7 Å². The van der Waals surface area contributed by atoms with Crippen LogP contribution in [0.4, 0.5) is 0 Å². The summed E-state index contributed by atoms with van der Waals surface area (Å²) < 4.78 is 5.25. The van der Waals surface area contributed by atoms with Gasteiger partial charge in [-0.1, -0.05) is 0 Å². The monoisotopic (exact) mass is 306 g/mol. The molecule has 21 heavy (non-hydrogen) atoms. The molecule has 1 aliphatic rings. The van der Waals surface area contributed by atoms with Gasteiger partial charge >= 0.3 is 5.97 Å². The minimum atomic E-state index is -1.15. The van der Waals surface area contributed by atoms with Gasteiger partial charge in [-0.05, 0) is 31.9 Å². The van der Waals surface area contributed by atoms with Crippen molar-refractivity contribution < 1.29 is 19.1 Å². The molecule has 1 aliphatic heterocycles. The van der Waals surface area contributed by atoms with Crippen LogP contribution >= 0.6 is 11.3 Å². The molecule has 1 N–H and O–H groups in total. The highest BCUT2D eigenvalue weighted by atomic mass is 32.1. The first-order chi connectivity index (χ1) is 10.0. The molecular weight excluding hydrogens is 292 g/mol. The average Bonchev–Trinajstić information content (AvgIpc) is 3.18. The third kappa shape index (κ3) is 2.23. The van der Waals surface area contributed by atoms with Crippen LogP contribution in [0, 0.1) is 0 Å². The van der Waals surface area contributed by atoms with Crippen LogP contribution in [0.25, 0.3) is 10.8 Å². The second-order valence-corrected chi connectivity index (χ2v) is 6.01. The van der Waals surface area contributed by atoms with Gasteiger partial charge in [-0.3, -0.25) is 4.79 Å². The number of carbonyl (C=O) groups is 2. The van der Waals surface area contributed by atoms with Crippen LogP contribution in [0.1, 0.15) is 30.3 Å². The first kappa shape index (κ1) is 13.8. The molecule has 1 saturated heterocycles. The standard InChI is InChI=1S/C14H14N2O4S/c1-14(13(18)19)5-3-6-16(14)12(17)9-8-21-11(15-9)10-4-2-7-20-10/h2,4,7-8H,3,5-6H2,1H3,(H,18,19). The van der Waals surface area contributed by atoms with Gasteiger partial charge in [0.15, 0.2) is 10.8 Å². The Hall–Kier alpha value is -2.15. The van der Waals surface area contributed by atoms with Crippen molar-refractivity contribution in [1.29, 1.82) is 0 Å². The highest BCUT2D eigenvalue weighted by Gasteiger charge is 2.46. The van der Waals surface area contributed by atoms with E-state index in [9.17, 15) is 14.7 Å². The van der Waals surface area contributed by atoms with E-state index in [0.717, 1.165) is 0 Å². The van der Waals surface area contributed by atoms with E-state index in [2.05, 4.69) is 4.98 Å². The highest BCUT2D eigenvalue weighted by Crippen LogP contribution is 2.32. The Labute approximate surface area is 125 Å². The van der Waals surface area contributed by atoms with Gasteiger partial charge in [0, 0.05) is 11.9 Å². The normalized spacial score (nSPS) is 21.7. The van der Waals surface area contributed by atoms with Crippen molar-refractivity contribution in [2.24, 2.45) is 0 Å². The van der Waals surface area contributed by atoms with Gasteiger partial charge in [-0.2, -0.15) is 0 Å². The smallest absolute Gasteiger partial charge is 0.329 e. The van der Waals surface area contributed by atoms with Crippen LogP contribution < -0.4 is 0 Å². The maximum Gasteiger partial charge on any atom is 0.329 e. The molecule has 1 unspecified atom stereocenters. The lowest BCUT2D eigenvalue weighted by Crippen LogP contribution is -2.50. The molecule has 3 heterocycles. The number of furan rings is 1. The van der Waals surface area contributed by atoms with E-state index in [-0.39, 0.29) is 11.6 Å². The molecule has 110 valence electrons. The molecule has 2 aromatic rings. The Kier molecular flexibility index (Phi) is 3.29. The van der Waals surface area contributed by atoms with Gasteiger partial charge in [0.05, 0.1) is 6.26 Å². The Morgan fingerprint density at radius 3 is 3.00 bits per heavy atom. The van der Waals surface area contributed by atoms with Crippen LogP contribution in [0.3, 0.4) is 0 Å². The summed E-state index contributed by atoms with van der Waals surface area (Å²) >= 11 is 1.30. The Morgan fingerprint density at radius 2 is 2.33 bits per heavy atom. The number of hydrogen-bond donors (Lipinski definition) is 1. The van der Waals surface area contributed by atoms with Crippen molar-refractivity contribution in [3.63, 3.8) is 0 Å². The van der Waals surface area contributed by atoms with E-state index in [4.69, 9.17) is 4.42 Å². The third-order valence-electron chi connectivity index (χ3n) is 3.80. The number of rotatable bonds is 3. The molecule has 7 heteroatoms. The summed E-state index contributed by atoms with van der Waals surface area (Å²) in [5.41, 5.74) is -0.883. The number of hydrogen-bond acceptors (Lipinski definition) is 5. The lowest BCUT2D eigenvalue weighted by Gasteiger charge is -2.30. The number of carboxylic acids is 1. The van der Waals surface area contributed by atoms with Crippen molar-refractivity contribution in [3.8, 4) is 10.8 Å². The van der Waals surface area contributed by atoms with Crippen LogP contribution in [0.15, 0.2) is 28.2 Å². The van der Waals surface area contributed by atoms with Gasteiger partial charge in [0.25, 0.3) is 5.91 Å². The summed E-state index contributed by atoms with van der Waals surface area (Å²) in [4.78, 5) is 29.6. The third-order valence-corrected chi connectivity index (χ3v) is 4.66. The summed E-state index contributed by atoms with van der Waals surface area (Å²) in [5.74, 6) is -0.720. The number of nitrogens with zero attached hydrogens (tertiary/aromatic N) is 2. The molecule has 0 bridgehead atoms. The molecular formula is C14H14N2O4S. The molecule has 2 aromatic heterocycles. The second kappa shape index (κ2) is 5.00. The first-order valence-electron chi connectivity index (χ1n) is 6.57. The molecule has 1 amide bonds.